The van der Waals surface area contributed by atoms with Crippen molar-refractivity contribution in [2.75, 3.05) is 58.0 Å². The van der Waals surface area contributed by atoms with Gasteiger partial charge in [-0.25, -0.2) is 12.7 Å². The third-order valence-electron chi connectivity index (χ3n) is 4.07. The van der Waals surface area contributed by atoms with Crippen molar-refractivity contribution < 1.29 is 13.2 Å². The molecule has 0 spiro atoms. The van der Waals surface area contributed by atoms with Gasteiger partial charge in [-0.1, -0.05) is 0 Å². The SMILES string of the molecule is CN(C)c1ccc(S(=O)(=O)N(C)C)cc1NC(=O)CN1CCCC1. The number of anilines is 2. The third-order valence-corrected chi connectivity index (χ3v) is 5.88. The van der Waals surface area contributed by atoms with Crippen LogP contribution >= 0.6 is 0 Å². The van der Waals surface area contributed by atoms with Gasteiger partial charge in [0.1, 0.15) is 0 Å². The number of nitrogens with zero attached hydrogens (tertiary/aromatic N) is 3. The van der Waals surface area contributed by atoms with Gasteiger partial charge in [0, 0.05) is 28.2 Å². The first kappa shape index (κ1) is 18.7. The average Bonchev–Trinajstić information content (AvgIpc) is 2.99. The predicted octanol–water partition coefficient (Wildman–Crippen LogP) is 1.04. The van der Waals surface area contributed by atoms with Gasteiger partial charge in [0.25, 0.3) is 0 Å². The summed E-state index contributed by atoms with van der Waals surface area (Å²) in [7, 11) is 3.13. The highest BCUT2D eigenvalue weighted by Gasteiger charge is 2.21. The Kier molecular flexibility index (Phi) is 5.84. The Morgan fingerprint density at radius 3 is 2.33 bits per heavy atom. The maximum absolute atomic E-state index is 12.3. The Labute approximate surface area is 144 Å². The predicted molar refractivity (Wildman–Crippen MR) is 95.9 cm³/mol. The Bertz CT molecular complexity index is 695. The van der Waals surface area contributed by atoms with Gasteiger partial charge in [0.05, 0.1) is 22.8 Å². The van der Waals surface area contributed by atoms with Gasteiger partial charge < -0.3 is 10.2 Å². The molecule has 1 aliphatic heterocycles. The normalized spacial score (nSPS) is 15.7. The highest BCUT2D eigenvalue weighted by molar-refractivity contribution is 7.89. The number of hydrogen-bond acceptors (Lipinski definition) is 5. The largest absolute Gasteiger partial charge is 0.376 e. The zero-order valence-electron chi connectivity index (χ0n) is 14.7. The van der Waals surface area contributed by atoms with Crippen LogP contribution in [0.15, 0.2) is 23.1 Å². The maximum atomic E-state index is 12.3. The smallest absolute Gasteiger partial charge is 0.242 e. The fourth-order valence-electron chi connectivity index (χ4n) is 2.71. The topological polar surface area (TPSA) is 73.0 Å². The fourth-order valence-corrected chi connectivity index (χ4v) is 3.64. The van der Waals surface area contributed by atoms with Gasteiger partial charge in [0.15, 0.2) is 0 Å². The third kappa shape index (κ3) is 4.25. The van der Waals surface area contributed by atoms with E-state index in [9.17, 15) is 13.2 Å². The van der Waals surface area contributed by atoms with E-state index in [1.807, 2.05) is 19.0 Å². The highest BCUT2D eigenvalue weighted by atomic mass is 32.2. The molecule has 0 atom stereocenters. The standard InChI is InChI=1S/C16H26N4O3S/c1-18(2)15-8-7-13(24(22,23)19(3)4)11-14(15)17-16(21)12-20-9-5-6-10-20/h7-8,11H,5-6,9-10,12H2,1-4H3,(H,17,21). The van der Waals surface area contributed by atoms with E-state index >= 15 is 0 Å². The number of hydrogen-bond donors (Lipinski definition) is 1. The molecule has 1 aliphatic rings. The highest BCUT2D eigenvalue weighted by Crippen LogP contribution is 2.28. The Hall–Kier alpha value is -1.64. The molecule has 0 unspecified atom stereocenters. The Morgan fingerprint density at radius 1 is 1.17 bits per heavy atom. The minimum absolute atomic E-state index is 0.126. The summed E-state index contributed by atoms with van der Waals surface area (Å²) in [5.41, 5.74) is 1.27. The zero-order valence-corrected chi connectivity index (χ0v) is 15.6. The second-order valence-electron chi connectivity index (χ2n) is 6.39. The number of carbonyl (C=O) groups is 1. The van der Waals surface area contributed by atoms with E-state index < -0.39 is 10.0 Å². The van der Waals surface area contributed by atoms with Gasteiger partial charge >= 0.3 is 0 Å². The monoisotopic (exact) mass is 354 g/mol. The summed E-state index contributed by atoms with van der Waals surface area (Å²) >= 11 is 0. The van der Waals surface area contributed by atoms with Crippen LogP contribution in [0.3, 0.4) is 0 Å². The lowest BCUT2D eigenvalue weighted by Gasteiger charge is -2.21. The van der Waals surface area contributed by atoms with E-state index in [1.54, 1.807) is 12.1 Å². The van der Waals surface area contributed by atoms with Crippen LogP contribution in [0, 0.1) is 0 Å². The molecule has 1 aromatic carbocycles. The fraction of sp³-hybridized carbons (Fsp3) is 0.562. The van der Waals surface area contributed by atoms with Crippen molar-refractivity contribution in [3.05, 3.63) is 18.2 Å². The first-order chi connectivity index (χ1) is 11.2. The first-order valence-corrected chi connectivity index (χ1v) is 9.42. The van der Waals surface area contributed by atoms with Crippen LogP contribution in [0.4, 0.5) is 11.4 Å². The summed E-state index contributed by atoms with van der Waals surface area (Å²) in [4.78, 5) is 16.4. The summed E-state index contributed by atoms with van der Waals surface area (Å²) in [5.74, 6) is -0.126. The maximum Gasteiger partial charge on any atom is 0.242 e. The second kappa shape index (κ2) is 7.50. The van der Waals surface area contributed by atoms with Crippen molar-refractivity contribution in [3.63, 3.8) is 0 Å². The summed E-state index contributed by atoms with van der Waals surface area (Å²) in [6.07, 6.45) is 2.24. The van der Waals surface area contributed by atoms with Crippen molar-refractivity contribution >= 4 is 27.3 Å². The van der Waals surface area contributed by atoms with Crippen LogP contribution in [-0.2, 0) is 14.8 Å². The number of nitrogens with one attached hydrogen (secondary N) is 1. The summed E-state index contributed by atoms with van der Waals surface area (Å²) in [6.45, 7) is 2.20. The molecule has 134 valence electrons. The van der Waals surface area contributed by atoms with Gasteiger partial charge in [-0.05, 0) is 44.1 Å². The molecule has 0 saturated carbocycles. The molecule has 1 saturated heterocycles. The van der Waals surface area contributed by atoms with E-state index in [1.165, 1.54) is 20.2 Å². The van der Waals surface area contributed by atoms with Crippen molar-refractivity contribution in [3.8, 4) is 0 Å². The lowest BCUT2D eigenvalue weighted by atomic mass is 10.2. The average molecular weight is 354 g/mol. The van der Waals surface area contributed by atoms with Crippen LogP contribution < -0.4 is 10.2 Å². The molecule has 1 heterocycles. The number of benzene rings is 1. The van der Waals surface area contributed by atoms with E-state index in [0.717, 1.165) is 35.9 Å². The van der Waals surface area contributed by atoms with Gasteiger partial charge in [-0.15, -0.1) is 0 Å². The number of likely N-dealkylation sites (tertiary alicyclic amines) is 1. The molecular formula is C16H26N4O3S. The van der Waals surface area contributed by atoms with Crippen LogP contribution in [0.25, 0.3) is 0 Å². The number of carbonyl (C=O) groups excluding carboxylic acids is 1. The van der Waals surface area contributed by atoms with E-state index in [0.29, 0.717) is 12.2 Å². The lowest BCUT2D eigenvalue weighted by molar-refractivity contribution is -0.117. The van der Waals surface area contributed by atoms with Crippen molar-refractivity contribution in [2.24, 2.45) is 0 Å². The lowest BCUT2D eigenvalue weighted by Crippen LogP contribution is -2.31. The number of sulfonamides is 1. The molecule has 8 heteroatoms. The van der Waals surface area contributed by atoms with Crippen LogP contribution in [0.1, 0.15) is 12.8 Å². The number of rotatable bonds is 6. The van der Waals surface area contributed by atoms with Crippen molar-refractivity contribution in [2.45, 2.75) is 17.7 Å². The molecule has 0 bridgehead atoms. The molecule has 2 rings (SSSR count). The minimum atomic E-state index is -3.55. The zero-order chi connectivity index (χ0) is 17.9. The van der Waals surface area contributed by atoms with Gasteiger partial charge in [-0.3, -0.25) is 9.69 Å². The van der Waals surface area contributed by atoms with Crippen LogP contribution in [-0.4, -0.2) is 71.4 Å². The summed E-state index contributed by atoms with van der Waals surface area (Å²) in [5, 5.41) is 2.86. The summed E-state index contributed by atoms with van der Waals surface area (Å²) < 4.78 is 25.8. The molecule has 24 heavy (non-hydrogen) atoms. The molecule has 1 fully saturated rings. The molecule has 0 aromatic heterocycles. The summed E-state index contributed by atoms with van der Waals surface area (Å²) in [6, 6.07) is 4.79. The van der Waals surface area contributed by atoms with E-state index in [2.05, 4.69) is 10.2 Å². The van der Waals surface area contributed by atoms with E-state index in [4.69, 9.17) is 0 Å². The minimum Gasteiger partial charge on any atom is -0.376 e. The van der Waals surface area contributed by atoms with Crippen LogP contribution in [0.5, 0.6) is 0 Å². The van der Waals surface area contributed by atoms with Crippen molar-refractivity contribution in [1.29, 1.82) is 0 Å². The van der Waals surface area contributed by atoms with E-state index in [-0.39, 0.29) is 10.8 Å². The Morgan fingerprint density at radius 2 is 1.79 bits per heavy atom. The van der Waals surface area contributed by atoms with Crippen LogP contribution in [0.2, 0.25) is 0 Å². The molecule has 1 aromatic rings. The quantitative estimate of drug-likeness (QED) is 0.826. The second-order valence-corrected chi connectivity index (χ2v) is 8.54. The molecule has 0 aliphatic carbocycles. The Balaban J connectivity index is 2.26. The van der Waals surface area contributed by atoms with Gasteiger partial charge in [-0.2, -0.15) is 0 Å². The molecule has 1 amide bonds. The van der Waals surface area contributed by atoms with Gasteiger partial charge in [0.2, 0.25) is 15.9 Å². The molecule has 0 radical (unpaired) electrons. The number of amides is 1. The van der Waals surface area contributed by atoms with Crippen molar-refractivity contribution in [1.82, 2.24) is 9.21 Å². The molecule has 1 N–H and O–H groups in total. The molecule has 7 nitrogen and oxygen atoms in total. The molecular weight excluding hydrogens is 328 g/mol. The first-order valence-electron chi connectivity index (χ1n) is 7.98.